The van der Waals surface area contributed by atoms with Gasteiger partial charge in [0, 0.05) is 6.54 Å². The molecular formula is C22H25ClN4O2S. The number of nitrogens with one attached hydrogen (secondary N) is 1. The van der Waals surface area contributed by atoms with Gasteiger partial charge in [0.25, 0.3) is 0 Å². The maximum atomic E-state index is 12.4. The van der Waals surface area contributed by atoms with Crippen LogP contribution in [0.3, 0.4) is 0 Å². The molecule has 2 atom stereocenters. The van der Waals surface area contributed by atoms with Crippen molar-refractivity contribution < 1.29 is 9.53 Å². The fraction of sp³-hybridized carbons (Fsp3) is 0.318. The van der Waals surface area contributed by atoms with Gasteiger partial charge in [-0.1, -0.05) is 65.8 Å². The third kappa shape index (κ3) is 5.55. The van der Waals surface area contributed by atoms with Crippen molar-refractivity contribution in [1.29, 1.82) is 0 Å². The maximum Gasteiger partial charge on any atom is 0.230 e. The predicted octanol–water partition coefficient (Wildman–Crippen LogP) is 5.06. The summed E-state index contributed by atoms with van der Waals surface area (Å²) >= 11 is 7.55. The van der Waals surface area contributed by atoms with Crippen LogP contribution in [0, 0.1) is 0 Å². The number of thioether (sulfide) groups is 1. The van der Waals surface area contributed by atoms with Crippen molar-refractivity contribution >= 4 is 29.3 Å². The number of amides is 1. The van der Waals surface area contributed by atoms with Crippen molar-refractivity contribution in [2.24, 2.45) is 0 Å². The van der Waals surface area contributed by atoms with E-state index in [0.29, 0.717) is 28.3 Å². The lowest BCUT2D eigenvalue weighted by atomic mass is 10.1. The van der Waals surface area contributed by atoms with E-state index in [9.17, 15) is 4.79 Å². The average Bonchev–Trinajstić information content (AvgIpc) is 3.17. The molecular weight excluding hydrogens is 420 g/mol. The molecule has 1 amide bonds. The van der Waals surface area contributed by atoms with Crippen LogP contribution in [-0.4, -0.2) is 26.4 Å². The topological polar surface area (TPSA) is 69.0 Å². The van der Waals surface area contributed by atoms with Crippen LogP contribution in [-0.2, 0) is 11.3 Å². The Balaban J connectivity index is 1.61. The van der Waals surface area contributed by atoms with Gasteiger partial charge in [0.1, 0.15) is 5.75 Å². The Kier molecular flexibility index (Phi) is 7.76. The number of carbonyl (C=O) groups excluding carboxylic acids is 1. The Bertz CT molecular complexity index is 980. The summed E-state index contributed by atoms with van der Waals surface area (Å²) < 4.78 is 7.93. The highest BCUT2D eigenvalue weighted by Gasteiger charge is 2.20. The highest BCUT2D eigenvalue weighted by atomic mass is 35.5. The molecule has 1 heterocycles. The van der Waals surface area contributed by atoms with E-state index in [1.165, 1.54) is 11.8 Å². The fourth-order valence-electron chi connectivity index (χ4n) is 3.03. The van der Waals surface area contributed by atoms with Gasteiger partial charge in [-0.15, -0.1) is 10.2 Å². The molecule has 158 valence electrons. The van der Waals surface area contributed by atoms with Gasteiger partial charge in [-0.25, -0.2) is 0 Å². The van der Waals surface area contributed by atoms with Gasteiger partial charge in [-0.2, -0.15) is 0 Å². The number of hydrogen-bond donors (Lipinski definition) is 1. The minimum absolute atomic E-state index is 0.0519. The molecule has 2 aromatic carbocycles. The zero-order valence-electron chi connectivity index (χ0n) is 17.2. The minimum atomic E-state index is -0.335. The molecule has 0 aliphatic carbocycles. The molecule has 0 saturated carbocycles. The summed E-state index contributed by atoms with van der Waals surface area (Å²) in [6.45, 7) is 6.56. The van der Waals surface area contributed by atoms with Crippen LogP contribution in [0.25, 0.3) is 0 Å². The molecule has 0 radical (unpaired) electrons. The monoisotopic (exact) mass is 444 g/mol. The van der Waals surface area contributed by atoms with Crippen LogP contribution < -0.4 is 10.1 Å². The average molecular weight is 445 g/mol. The Morgan fingerprint density at radius 1 is 1.13 bits per heavy atom. The highest BCUT2D eigenvalue weighted by molar-refractivity contribution is 7.99. The molecule has 30 heavy (non-hydrogen) atoms. The first-order valence-corrected chi connectivity index (χ1v) is 11.2. The summed E-state index contributed by atoms with van der Waals surface area (Å²) in [6, 6.07) is 17.2. The van der Waals surface area contributed by atoms with Crippen LogP contribution in [0.5, 0.6) is 5.75 Å². The van der Waals surface area contributed by atoms with Gasteiger partial charge in [-0.3, -0.25) is 4.79 Å². The van der Waals surface area contributed by atoms with Crippen LogP contribution in [0.2, 0.25) is 5.02 Å². The minimum Gasteiger partial charge on any atom is -0.481 e. The quantitative estimate of drug-likeness (QED) is 0.467. The summed E-state index contributed by atoms with van der Waals surface area (Å²) in [7, 11) is 0. The van der Waals surface area contributed by atoms with E-state index in [1.807, 2.05) is 73.9 Å². The van der Waals surface area contributed by atoms with E-state index >= 15 is 0 Å². The number of hydrogen-bond acceptors (Lipinski definition) is 5. The van der Waals surface area contributed by atoms with Gasteiger partial charge in [0.15, 0.2) is 17.1 Å². The van der Waals surface area contributed by atoms with Crippen molar-refractivity contribution in [3.05, 3.63) is 71.0 Å². The van der Waals surface area contributed by atoms with Crippen molar-refractivity contribution in [2.45, 2.75) is 44.6 Å². The molecule has 8 heteroatoms. The Morgan fingerprint density at radius 2 is 1.83 bits per heavy atom. The summed E-state index contributed by atoms with van der Waals surface area (Å²) in [6.07, 6.45) is -0.335. The largest absolute Gasteiger partial charge is 0.481 e. The summed E-state index contributed by atoms with van der Waals surface area (Å²) in [4.78, 5) is 12.4. The standard InChI is InChI=1S/C22H25ClN4O2S/c1-4-27-21(16(3)29-19-13-9-8-12-18(19)23)25-26-22(27)30-14-20(28)24-15(2)17-10-6-5-7-11-17/h5-13,15-16H,4,14H2,1-3H3,(H,24,28)/t15-,16+/m0/s1. The number of nitrogens with zero attached hydrogens (tertiary/aromatic N) is 3. The van der Waals surface area contributed by atoms with Crippen LogP contribution in [0.4, 0.5) is 0 Å². The van der Waals surface area contributed by atoms with Gasteiger partial charge in [0.05, 0.1) is 16.8 Å². The van der Waals surface area contributed by atoms with Crippen LogP contribution in [0.1, 0.15) is 44.3 Å². The lowest BCUT2D eigenvalue weighted by Crippen LogP contribution is -2.28. The molecule has 3 aromatic rings. The van der Waals surface area contributed by atoms with E-state index in [2.05, 4.69) is 15.5 Å². The second kappa shape index (κ2) is 10.5. The molecule has 6 nitrogen and oxygen atoms in total. The van der Waals surface area contributed by atoms with Gasteiger partial charge >= 0.3 is 0 Å². The maximum absolute atomic E-state index is 12.4. The SMILES string of the molecule is CCn1c(SCC(=O)N[C@@H](C)c2ccccc2)nnc1[C@@H](C)Oc1ccccc1Cl. The molecule has 1 aromatic heterocycles. The third-order valence-electron chi connectivity index (χ3n) is 4.58. The Labute approximate surface area is 186 Å². The second-order valence-electron chi connectivity index (χ2n) is 6.76. The molecule has 0 unspecified atom stereocenters. The first-order valence-electron chi connectivity index (χ1n) is 9.81. The first-order chi connectivity index (χ1) is 14.5. The normalized spacial score (nSPS) is 12.9. The second-order valence-corrected chi connectivity index (χ2v) is 8.11. The molecule has 0 aliphatic heterocycles. The van der Waals surface area contributed by atoms with Crippen LogP contribution in [0.15, 0.2) is 59.8 Å². The van der Waals surface area contributed by atoms with Crippen molar-refractivity contribution in [2.75, 3.05) is 5.75 Å². The summed E-state index contributed by atoms with van der Waals surface area (Å²) in [5.74, 6) is 1.50. The summed E-state index contributed by atoms with van der Waals surface area (Å²) in [5, 5.41) is 12.8. The van der Waals surface area contributed by atoms with Crippen molar-refractivity contribution in [3.63, 3.8) is 0 Å². The van der Waals surface area contributed by atoms with Crippen LogP contribution >= 0.6 is 23.4 Å². The van der Waals surface area contributed by atoms with E-state index in [1.54, 1.807) is 6.07 Å². The molecule has 0 fully saturated rings. The highest BCUT2D eigenvalue weighted by Crippen LogP contribution is 2.29. The zero-order valence-corrected chi connectivity index (χ0v) is 18.8. The number of benzene rings is 2. The first kappa shape index (κ1) is 22.2. The molecule has 1 N–H and O–H groups in total. The number of para-hydroxylation sites is 1. The predicted molar refractivity (Wildman–Crippen MR) is 120 cm³/mol. The third-order valence-corrected chi connectivity index (χ3v) is 5.85. The summed E-state index contributed by atoms with van der Waals surface area (Å²) in [5.41, 5.74) is 1.07. The number of carbonyl (C=O) groups is 1. The Hall–Kier alpha value is -2.51. The fourth-order valence-corrected chi connectivity index (χ4v) is 4.03. The number of rotatable bonds is 9. The van der Waals surface area contributed by atoms with Gasteiger partial charge < -0.3 is 14.6 Å². The number of ether oxygens (including phenoxy) is 1. The lowest BCUT2D eigenvalue weighted by Gasteiger charge is -2.16. The lowest BCUT2D eigenvalue weighted by molar-refractivity contribution is -0.119. The molecule has 0 spiro atoms. The van der Waals surface area contributed by atoms with Gasteiger partial charge in [0.2, 0.25) is 5.91 Å². The number of aromatic nitrogens is 3. The smallest absolute Gasteiger partial charge is 0.230 e. The molecule has 0 bridgehead atoms. The molecule has 0 aliphatic rings. The van der Waals surface area contributed by atoms with E-state index in [0.717, 1.165) is 5.56 Å². The van der Waals surface area contributed by atoms with E-state index in [4.69, 9.17) is 16.3 Å². The van der Waals surface area contributed by atoms with Crippen molar-refractivity contribution in [1.82, 2.24) is 20.1 Å². The van der Waals surface area contributed by atoms with Crippen molar-refractivity contribution in [3.8, 4) is 5.75 Å². The zero-order chi connectivity index (χ0) is 21.5. The van der Waals surface area contributed by atoms with E-state index in [-0.39, 0.29) is 23.8 Å². The number of halogens is 1. The Morgan fingerprint density at radius 3 is 2.53 bits per heavy atom. The molecule has 0 saturated heterocycles. The molecule has 3 rings (SSSR count). The van der Waals surface area contributed by atoms with E-state index < -0.39 is 0 Å². The van der Waals surface area contributed by atoms with Gasteiger partial charge in [-0.05, 0) is 38.5 Å².